The second-order valence-electron chi connectivity index (χ2n) is 3.94. The Hall–Kier alpha value is -1.48. The van der Waals surface area contributed by atoms with Crippen LogP contribution in [0.5, 0.6) is 0 Å². The second kappa shape index (κ2) is 4.18. The minimum atomic E-state index is -0.167. The lowest BCUT2D eigenvalue weighted by molar-refractivity contribution is 0.425. The predicted molar refractivity (Wildman–Crippen MR) is 63.9 cm³/mol. The Morgan fingerprint density at radius 3 is 2.44 bits per heavy atom. The molecule has 3 nitrogen and oxygen atoms in total. The van der Waals surface area contributed by atoms with Crippen LogP contribution in [0.1, 0.15) is 25.3 Å². The molecule has 1 aromatic carbocycles. The van der Waals surface area contributed by atoms with E-state index in [1.54, 1.807) is 12.1 Å². The third kappa shape index (κ3) is 1.91. The smallest absolute Gasteiger partial charge is 0.283 e. The largest absolute Gasteiger partial charge is 0.378 e. The second-order valence-corrected chi connectivity index (χ2v) is 4.37. The van der Waals surface area contributed by atoms with Crippen LogP contribution in [0.2, 0.25) is 5.02 Å². The monoisotopic (exact) mass is 237 g/mol. The summed E-state index contributed by atoms with van der Waals surface area (Å²) >= 11 is 5.81. The average Bonchev–Trinajstić information content (AvgIpc) is 2.61. The topological polar surface area (TPSA) is 46.0 Å². The molecule has 0 spiro atoms. The normalized spacial score (nSPS) is 11.0. The zero-order chi connectivity index (χ0) is 11.7. The van der Waals surface area contributed by atoms with Gasteiger partial charge in [0, 0.05) is 10.6 Å². The number of hydrogen-bond donors (Lipinski definition) is 1. The van der Waals surface area contributed by atoms with Gasteiger partial charge in [-0.2, -0.15) is 5.16 Å². The maximum Gasteiger partial charge on any atom is 0.283 e. The fourth-order valence-corrected chi connectivity index (χ4v) is 1.78. The number of hydrogen-bond acceptors (Lipinski definition) is 2. The molecule has 0 radical (unpaired) electrons. The minimum absolute atomic E-state index is 0.119. The van der Waals surface area contributed by atoms with Gasteiger partial charge in [-0.3, -0.25) is 4.79 Å². The van der Waals surface area contributed by atoms with Crippen LogP contribution < -0.4 is 5.56 Å². The van der Waals surface area contributed by atoms with Crippen molar-refractivity contribution in [3.63, 3.8) is 0 Å². The maximum absolute atomic E-state index is 11.5. The SMILES string of the molecule is CC(C)c1c(-c2ccc(Cl)cc2)o[nH]c1=O. The first-order chi connectivity index (χ1) is 7.59. The van der Waals surface area contributed by atoms with Crippen LogP contribution in [-0.2, 0) is 0 Å². The molecule has 0 fully saturated rings. The van der Waals surface area contributed by atoms with Gasteiger partial charge >= 0.3 is 0 Å². The first-order valence-electron chi connectivity index (χ1n) is 5.07. The fourth-order valence-electron chi connectivity index (χ4n) is 1.65. The van der Waals surface area contributed by atoms with Gasteiger partial charge in [0.15, 0.2) is 5.76 Å². The van der Waals surface area contributed by atoms with Crippen molar-refractivity contribution < 1.29 is 4.52 Å². The molecule has 0 atom stereocenters. The summed E-state index contributed by atoms with van der Waals surface area (Å²) in [6.07, 6.45) is 0. The lowest BCUT2D eigenvalue weighted by Crippen LogP contribution is -2.07. The molecule has 2 aromatic rings. The van der Waals surface area contributed by atoms with Crippen LogP contribution in [-0.4, -0.2) is 5.16 Å². The highest BCUT2D eigenvalue weighted by atomic mass is 35.5. The van der Waals surface area contributed by atoms with E-state index in [9.17, 15) is 4.79 Å². The van der Waals surface area contributed by atoms with Crippen molar-refractivity contribution in [3.8, 4) is 11.3 Å². The third-order valence-corrected chi connectivity index (χ3v) is 2.67. The molecular weight excluding hydrogens is 226 g/mol. The van der Waals surface area contributed by atoms with Gasteiger partial charge in [-0.1, -0.05) is 25.4 Å². The highest BCUT2D eigenvalue weighted by molar-refractivity contribution is 6.30. The molecule has 4 heteroatoms. The summed E-state index contributed by atoms with van der Waals surface area (Å²) in [5.41, 5.74) is 1.36. The van der Waals surface area contributed by atoms with E-state index in [0.717, 1.165) is 5.56 Å². The van der Waals surface area contributed by atoms with Gasteiger partial charge in [0.25, 0.3) is 5.56 Å². The van der Waals surface area contributed by atoms with Crippen LogP contribution in [0.4, 0.5) is 0 Å². The molecule has 2 rings (SSSR count). The van der Waals surface area contributed by atoms with Crippen molar-refractivity contribution in [2.45, 2.75) is 19.8 Å². The van der Waals surface area contributed by atoms with Gasteiger partial charge in [-0.15, -0.1) is 0 Å². The number of halogens is 1. The van der Waals surface area contributed by atoms with Crippen LogP contribution in [0.25, 0.3) is 11.3 Å². The summed E-state index contributed by atoms with van der Waals surface area (Å²) < 4.78 is 5.20. The van der Waals surface area contributed by atoms with E-state index in [1.165, 1.54) is 0 Å². The molecule has 0 bridgehead atoms. The fraction of sp³-hybridized carbons (Fsp3) is 0.250. The first-order valence-corrected chi connectivity index (χ1v) is 5.44. The number of nitrogens with one attached hydrogen (secondary N) is 1. The molecule has 1 N–H and O–H groups in total. The summed E-state index contributed by atoms with van der Waals surface area (Å²) in [5, 5.41) is 3.03. The van der Waals surface area contributed by atoms with Gasteiger partial charge in [0.05, 0.1) is 5.56 Å². The third-order valence-electron chi connectivity index (χ3n) is 2.42. The highest BCUT2D eigenvalue weighted by Gasteiger charge is 2.17. The van der Waals surface area contributed by atoms with Crippen molar-refractivity contribution >= 4 is 11.6 Å². The van der Waals surface area contributed by atoms with Gasteiger partial charge in [-0.05, 0) is 30.2 Å². The number of benzene rings is 1. The Labute approximate surface area is 98.0 Å². The Balaban J connectivity index is 2.56. The van der Waals surface area contributed by atoms with Crippen molar-refractivity contribution in [2.24, 2.45) is 0 Å². The lowest BCUT2D eigenvalue weighted by Gasteiger charge is -2.03. The zero-order valence-corrected chi connectivity index (χ0v) is 9.84. The summed E-state index contributed by atoms with van der Waals surface area (Å²) in [7, 11) is 0. The predicted octanol–water partition coefficient (Wildman–Crippen LogP) is 3.41. The molecular formula is C12H12ClNO2. The molecule has 0 aliphatic heterocycles. The summed E-state index contributed by atoms with van der Waals surface area (Å²) in [4.78, 5) is 11.5. The quantitative estimate of drug-likeness (QED) is 0.870. The van der Waals surface area contributed by atoms with Crippen LogP contribution in [0, 0.1) is 0 Å². The van der Waals surface area contributed by atoms with Gasteiger partial charge in [0.2, 0.25) is 0 Å². The standard InChI is InChI=1S/C12H12ClNO2/c1-7(2)10-11(16-14-12(10)15)8-3-5-9(13)6-4-8/h3-7H,1-2H3,(H,14,15). The van der Waals surface area contributed by atoms with Crippen LogP contribution in [0.3, 0.4) is 0 Å². The highest BCUT2D eigenvalue weighted by Crippen LogP contribution is 2.27. The molecule has 1 heterocycles. The molecule has 0 saturated carbocycles. The average molecular weight is 238 g/mol. The summed E-state index contributed by atoms with van der Waals surface area (Å²) in [5.74, 6) is 0.713. The maximum atomic E-state index is 11.5. The molecule has 84 valence electrons. The van der Waals surface area contributed by atoms with Crippen molar-refractivity contribution in [3.05, 3.63) is 45.2 Å². The van der Waals surface area contributed by atoms with E-state index in [4.69, 9.17) is 16.1 Å². The van der Waals surface area contributed by atoms with Gasteiger partial charge < -0.3 is 4.52 Å². The van der Waals surface area contributed by atoms with Crippen molar-refractivity contribution in [1.29, 1.82) is 0 Å². The molecule has 16 heavy (non-hydrogen) atoms. The van der Waals surface area contributed by atoms with Crippen LogP contribution >= 0.6 is 11.6 Å². The number of aromatic nitrogens is 1. The molecule has 1 aromatic heterocycles. The number of aromatic amines is 1. The Morgan fingerprint density at radius 2 is 1.88 bits per heavy atom. The van der Waals surface area contributed by atoms with E-state index in [0.29, 0.717) is 16.3 Å². The minimum Gasteiger partial charge on any atom is -0.378 e. The molecule has 0 saturated heterocycles. The van der Waals surface area contributed by atoms with E-state index >= 15 is 0 Å². The van der Waals surface area contributed by atoms with E-state index in [2.05, 4.69) is 5.16 Å². The number of H-pyrrole nitrogens is 1. The Morgan fingerprint density at radius 1 is 1.25 bits per heavy atom. The zero-order valence-electron chi connectivity index (χ0n) is 9.08. The Bertz CT molecular complexity index is 537. The number of rotatable bonds is 2. The molecule has 0 aliphatic rings. The van der Waals surface area contributed by atoms with Crippen molar-refractivity contribution in [2.75, 3.05) is 0 Å². The Kier molecular flexibility index (Phi) is 2.88. The molecule has 0 unspecified atom stereocenters. The van der Waals surface area contributed by atoms with E-state index < -0.39 is 0 Å². The van der Waals surface area contributed by atoms with Gasteiger partial charge in [-0.25, -0.2) is 0 Å². The lowest BCUT2D eigenvalue weighted by atomic mass is 10.0. The molecule has 0 amide bonds. The van der Waals surface area contributed by atoms with E-state index in [-0.39, 0.29) is 11.5 Å². The van der Waals surface area contributed by atoms with Gasteiger partial charge in [0.1, 0.15) is 0 Å². The summed E-state index contributed by atoms with van der Waals surface area (Å²) in [6, 6.07) is 7.21. The summed E-state index contributed by atoms with van der Waals surface area (Å²) in [6.45, 7) is 3.92. The van der Waals surface area contributed by atoms with Crippen LogP contribution in [0.15, 0.2) is 33.6 Å². The van der Waals surface area contributed by atoms with Crippen molar-refractivity contribution in [1.82, 2.24) is 5.16 Å². The van der Waals surface area contributed by atoms with E-state index in [1.807, 2.05) is 26.0 Å². The first kappa shape index (κ1) is 11.0. The molecule has 0 aliphatic carbocycles.